The fourth-order valence-electron chi connectivity index (χ4n) is 3.29. The first-order chi connectivity index (χ1) is 14.1. The molecular formula is C23H26N2O3S. The molecule has 3 rings (SSSR count). The molecule has 6 heteroatoms. The van der Waals surface area contributed by atoms with Crippen LogP contribution >= 0.6 is 11.3 Å². The van der Waals surface area contributed by atoms with E-state index in [1.807, 2.05) is 36.4 Å². The number of benzene rings is 2. The molecule has 1 heterocycles. The summed E-state index contributed by atoms with van der Waals surface area (Å²) in [5.74, 6) is -0.542. The van der Waals surface area contributed by atoms with Crippen molar-refractivity contribution in [1.29, 1.82) is 0 Å². The van der Waals surface area contributed by atoms with E-state index >= 15 is 0 Å². The van der Waals surface area contributed by atoms with Crippen LogP contribution in [0, 0.1) is 0 Å². The molecule has 2 aromatic carbocycles. The predicted molar refractivity (Wildman–Crippen MR) is 114 cm³/mol. The van der Waals surface area contributed by atoms with Gasteiger partial charge in [-0.2, -0.15) is 0 Å². The van der Waals surface area contributed by atoms with Crippen LogP contribution in [-0.4, -0.2) is 22.2 Å². The molecule has 0 saturated carbocycles. The van der Waals surface area contributed by atoms with Crippen molar-refractivity contribution in [3.8, 4) is 0 Å². The fourth-order valence-corrected chi connectivity index (χ4v) is 3.80. The molecule has 2 atom stereocenters. The molecule has 1 aromatic heterocycles. The molecule has 152 valence electrons. The third kappa shape index (κ3) is 5.97. The van der Waals surface area contributed by atoms with E-state index in [4.69, 9.17) is 10.5 Å². The lowest BCUT2D eigenvalue weighted by Crippen LogP contribution is -2.48. The maximum atomic E-state index is 12.9. The number of aromatic nitrogens is 1. The van der Waals surface area contributed by atoms with Crippen LogP contribution in [0.2, 0.25) is 0 Å². The summed E-state index contributed by atoms with van der Waals surface area (Å²) in [5.41, 5.74) is 8.68. The molecule has 2 unspecified atom stereocenters. The lowest BCUT2D eigenvalue weighted by Gasteiger charge is -2.30. The summed E-state index contributed by atoms with van der Waals surface area (Å²) in [4.78, 5) is 17.7. The van der Waals surface area contributed by atoms with Gasteiger partial charge >= 0.3 is 5.97 Å². The molecule has 0 aliphatic heterocycles. The van der Waals surface area contributed by atoms with Gasteiger partial charge < -0.3 is 15.6 Å². The van der Waals surface area contributed by atoms with Crippen LogP contribution in [-0.2, 0) is 28.1 Å². The summed E-state index contributed by atoms with van der Waals surface area (Å²) in [6.07, 6.45) is 3.30. The summed E-state index contributed by atoms with van der Waals surface area (Å²) in [7, 11) is 0. The second-order valence-electron chi connectivity index (χ2n) is 7.12. The fraction of sp³-hybridized carbons (Fsp3) is 0.304. The van der Waals surface area contributed by atoms with Crippen molar-refractivity contribution in [3.05, 3.63) is 88.4 Å². The number of aliphatic hydroxyl groups excluding tert-OH is 1. The van der Waals surface area contributed by atoms with E-state index in [0.717, 1.165) is 17.7 Å². The Morgan fingerprint density at radius 3 is 2.48 bits per heavy atom. The number of rotatable bonds is 10. The third-order valence-corrected chi connectivity index (χ3v) is 5.64. The number of aliphatic hydroxyl groups is 1. The molecule has 5 nitrogen and oxygen atoms in total. The Balaban J connectivity index is 1.63. The van der Waals surface area contributed by atoms with Gasteiger partial charge in [-0.05, 0) is 30.4 Å². The molecule has 0 amide bonds. The van der Waals surface area contributed by atoms with Crippen molar-refractivity contribution in [2.24, 2.45) is 5.73 Å². The molecule has 0 bridgehead atoms. The maximum absolute atomic E-state index is 12.9. The number of carbonyl (C=O) groups excluding carboxylic acids is 1. The topological polar surface area (TPSA) is 85.4 Å². The quantitative estimate of drug-likeness (QED) is 0.497. The number of ether oxygens (including phenoxy) is 1. The summed E-state index contributed by atoms with van der Waals surface area (Å²) in [5, 5.41) is 10.6. The summed E-state index contributed by atoms with van der Waals surface area (Å²) >= 11 is 1.42. The number of thiazole rings is 1. The van der Waals surface area contributed by atoms with Gasteiger partial charge in [-0.25, -0.2) is 4.79 Å². The van der Waals surface area contributed by atoms with Crippen molar-refractivity contribution in [3.63, 3.8) is 0 Å². The van der Waals surface area contributed by atoms with Crippen molar-refractivity contribution >= 4 is 17.3 Å². The Kier molecular flexibility index (Phi) is 7.52. The molecule has 0 saturated heterocycles. The number of aryl methyl sites for hydroxylation is 1. The van der Waals surface area contributed by atoms with E-state index in [9.17, 15) is 9.90 Å². The molecule has 0 fully saturated rings. The van der Waals surface area contributed by atoms with Gasteiger partial charge in [0.15, 0.2) is 0 Å². The van der Waals surface area contributed by atoms with Crippen molar-refractivity contribution < 1.29 is 14.6 Å². The normalized spacial score (nSPS) is 14.1. The Morgan fingerprint density at radius 1 is 1.14 bits per heavy atom. The Morgan fingerprint density at radius 2 is 1.83 bits per heavy atom. The highest BCUT2D eigenvalue weighted by Gasteiger charge is 2.39. The number of nitrogens with two attached hydrogens (primary N) is 1. The molecule has 0 spiro atoms. The number of carbonyl (C=O) groups is 1. The lowest BCUT2D eigenvalue weighted by molar-refractivity contribution is -0.153. The smallest absolute Gasteiger partial charge is 0.331 e. The minimum absolute atomic E-state index is 0.104. The molecule has 3 N–H and O–H groups in total. The number of nitrogens with zero attached hydrogens (tertiary/aromatic N) is 1. The van der Waals surface area contributed by atoms with Crippen molar-refractivity contribution in [2.45, 2.75) is 43.9 Å². The van der Waals surface area contributed by atoms with Crippen molar-refractivity contribution in [2.75, 3.05) is 0 Å². The van der Waals surface area contributed by atoms with Crippen LogP contribution in [0.4, 0.5) is 0 Å². The summed E-state index contributed by atoms with van der Waals surface area (Å²) < 4.78 is 5.48. The number of hydrogen-bond donors (Lipinski definition) is 2. The number of hydrogen-bond acceptors (Lipinski definition) is 6. The lowest BCUT2D eigenvalue weighted by atomic mass is 9.84. The van der Waals surface area contributed by atoms with Crippen LogP contribution in [0.15, 0.2) is 72.4 Å². The van der Waals surface area contributed by atoms with Gasteiger partial charge in [0.1, 0.15) is 12.1 Å². The summed E-state index contributed by atoms with van der Waals surface area (Å²) in [6.45, 7) is 0.124. The SMILES string of the molecule is NC(CC(O)CCCc1ccccc1)(C(=O)OCc1cncs1)c1ccccc1. The minimum atomic E-state index is -1.40. The van der Waals surface area contributed by atoms with E-state index in [2.05, 4.69) is 17.1 Å². The van der Waals surface area contributed by atoms with Gasteiger partial charge in [0.05, 0.1) is 16.5 Å². The monoisotopic (exact) mass is 410 g/mol. The van der Waals surface area contributed by atoms with E-state index in [1.54, 1.807) is 23.8 Å². The van der Waals surface area contributed by atoms with Gasteiger partial charge in [-0.15, -0.1) is 11.3 Å². The highest BCUT2D eigenvalue weighted by atomic mass is 32.1. The minimum Gasteiger partial charge on any atom is -0.458 e. The molecule has 0 aliphatic rings. The zero-order chi connectivity index (χ0) is 20.5. The zero-order valence-electron chi connectivity index (χ0n) is 16.2. The third-order valence-electron chi connectivity index (χ3n) is 4.89. The first-order valence-corrected chi connectivity index (χ1v) is 10.6. The van der Waals surface area contributed by atoms with Gasteiger partial charge in [-0.1, -0.05) is 60.7 Å². The van der Waals surface area contributed by atoms with Crippen LogP contribution in [0.1, 0.15) is 35.3 Å². The van der Waals surface area contributed by atoms with Gasteiger partial charge in [0.25, 0.3) is 0 Å². The largest absolute Gasteiger partial charge is 0.458 e. The van der Waals surface area contributed by atoms with E-state index in [0.29, 0.717) is 12.0 Å². The first kappa shape index (κ1) is 21.2. The molecular weight excluding hydrogens is 384 g/mol. The van der Waals surface area contributed by atoms with Crippen LogP contribution in [0.25, 0.3) is 0 Å². The van der Waals surface area contributed by atoms with Crippen LogP contribution < -0.4 is 5.73 Å². The average Bonchev–Trinajstić information content (AvgIpc) is 3.27. The van der Waals surface area contributed by atoms with Crippen LogP contribution in [0.5, 0.6) is 0 Å². The molecule has 29 heavy (non-hydrogen) atoms. The maximum Gasteiger partial charge on any atom is 0.331 e. The Bertz CT molecular complexity index is 872. The van der Waals surface area contributed by atoms with Crippen LogP contribution in [0.3, 0.4) is 0 Å². The van der Waals surface area contributed by atoms with E-state index in [1.165, 1.54) is 16.9 Å². The Labute approximate surface area is 175 Å². The first-order valence-electron chi connectivity index (χ1n) is 9.69. The second-order valence-corrected chi connectivity index (χ2v) is 8.09. The summed E-state index contributed by atoms with van der Waals surface area (Å²) in [6, 6.07) is 19.2. The molecule has 0 radical (unpaired) electrons. The standard InChI is InChI=1S/C23H26N2O3S/c24-23(19-11-5-2-6-12-19,22(27)28-16-21-15-25-17-29-21)14-20(26)13-7-10-18-8-3-1-4-9-18/h1-6,8-9,11-12,15,17,20,26H,7,10,13-14,16,24H2. The zero-order valence-corrected chi connectivity index (χ0v) is 17.1. The average molecular weight is 411 g/mol. The Hall–Kier alpha value is -2.54. The van der Waals surface area contributed by atoms with Crippen molar-refractivity contribution in [1.82, 2.24) is 4.98 Å². The van der Waals surface area contributed by atoms with Gasteiger partial charge in [0.2, 0.25) is 0 Å². The number of esters is 1. The van der Waals surface area contributed by atoms with Gasteiger partial charge in [-0.3, -0.25) is 4.98 Å². The van der Waals surface area contributed by atoms with Gasteiger partial charge in [0, 0.05) is 12.6 Å². The molecule has 0 aliphatic carbocycles. The highest BCUT2D eigenvalue weighted by molar-refractivity contribution is 7.09. The predicted octanol–water partition coefficient (Wildman–Crippen LogP) is 3.81. The molecule has 3 aromatic rings. The highest BCUT2D eigenvalue weighted by Crippen LogP contribution is 2.28. The van der Waals surface area contributed by atoms with E-state index in [-0.39, 0.29) is 13.0 Å². The second kappa shape index (κ2) is 10.3. The van der Waals surface area contributed by atoms with E-state index < -0.39 is 17.6 Å².